The summed E-state index contributed by atoms with van der Waals surface area (Å²) >= 11 is 0. The van der Waals surface area contributed by atoms with Gasteiger partial charge in [0, 0.05) is 7.05 Å². The van der Waals surface area contributed by atoms with Crippen molar-refractivity contribution in [2.75, 3.05) is 25.1 Å². The maximum atomic E-state index is 5.73. The van der Waals surface area contributed by atoms with Crippen molar-refractivity contribution in [1.82, 2.24) is 25.3 Å². The highest BCUT2D eigenvalue weighted by Gasteiger charge is 2.06. The van der Waals surface area contributed by atoms with Crippen molar-refractivity contribution in [3.8, 4) is 5.75 Å². The molecule has 7 nitrogen and oxygen atoms in total. The first-order valence-corrected chi connectivity index (χ1v) is 6.68. The van der Waals surface area contributed by atoms with Gasteiger partial charge in [0.05, 0.1) is 6.54 Å². The standard InChI is InChI=1S/C14H16N6O/c1-11-4-3-5-12(10-11)21-9-8-19(2)14-7-6-13-15-17-18-20(13)16-14/h3-7,10H,8-9H2,1-2H3. The van der Waals surface area contributed by atoms with Crippen LogP contribution in [0.2, 0.25) is 0 Å². The highest BCUT2D eigenvalue weighted by molar-refractivity contribution is 5.43. The zero-order chi connectivity index (χ0) is 14.7. The van der Waals surface area contributed by atoms with Gasteiger partial charge in [0.2, 0.25) is 0 Å². The van der Waals surface area contributed by atoms with E-state index >= 15 is 0 Å². The number of ether oxygens (including phenoxy) is 1. The quantitative estimate of drug-likeness (QED) is 0.704. The van der Waals surface area contributed by atoms with E-state index in [0.717, 1.165) is 11.6 Å². The SMILES string of the molecule is Cc1cccc(OCCN(C)c2ccc3nnnn3n2)c1. The van der Waals surface area contributed by atoms with E-state index < -0.39 is 0 Å². The minimum atomic E-state index is 0.579. The monoisotopic (exact) mass is 284 g/mol. The van der Waals surface area contributed by atoms with Crippen LogP contribution in [0, 0.1) is 6.92 Å². The number of benzene rings is 1. The van der Waals surface area contributed by atoms with Gasteiger partial charge in [-0.05, 0) is 47.2 Å². The average Bonchev–Trinajstić information content (AvgIpc) is 2.94. The van der Waals surface area contributed by atoms with Crippen LogP contribution >= 0.6 is 0 Å². The van der Waals surface area contributed by atoms with Gasteiger partial charge in [-0.1, -0.05) is 12.1 Å². The molecule has 0 aliphatic heterocycles. The molecule has 3 aromatic rings. The molecule has 21 heavy (non-hydrogen) atoms. The molecule has 0 saturated heterocycles. The third-order valence-corrected chi connectivity index (χ3v) is 3.13. The van der Waals surface area contributed by atoms with Gasteiger partial charge >= 0.3 is 0 Å². The van der Waals surface area contributed by atoms with Crippen molar-refractivity contribution in [2.24, 2.45) is 0 Å². The summed E-state index contributed by atoms with van der Waals surface area (Å²) in [6.07, 6.45) is 0. The van der Waals surface area contributed by atoms with E-state index in [2.05, 4.69) is 20.6 Å². The van der Waals surface area contributed by atoms with Gasteiger partial charge in [0.25, 0.3) is 0 Å². The molecule has 0 fully saturated rings. The van der Waals surface area contributed by atoms with E-state index in [1.807, 2.05) is 55.3 Å². The molecule has 0 atom stereocenters. The van der Waals surface area contributed by atoms with Gasteiger partial charge in [-0.15, -0.1) is 14.8 Å². The summed E-state index contributed by atoms with van der Waals surface area (Å²) in [5.74, 6) is 1.68. The molecule has 0 unspecified atom stereocenters. The molecule has 0 aliphatic rings. The lowest BCUT2D eigenvalue weighted by molar-refractivity contribution is 0.325. The van der Waals surface area contributed by atoms with Crippen LogP contribution in [0.15, 0.2) is 36.4 Å². The van der Waals surface area contributed by atoms with Crippen LogP contribution in [-0.4, -0.2) is 45.5 Å². The van der Waals surface area contributed by atoms with Crippen molar-refractivity contribution in [1.29, 1.82) is 0 Å². The van der Waals surface area contributed by atoms with Crippen molar-refractivity contribution in [3.05, 3.63) is 42.0 Å². The summed E-state index contributed by atoms with van der Waals surface area (Å²) in [6.45, 7) is 3.34. The number of aromatic nitrogens is 5. The normalized spacial score (nSPS) is 10.8. The Morgan fingerprint density at radius 2 is 2.14 bits per heavy atom. The number of rotatable bonds is 5. The maximum absolute atomic E-state index is 5.73. The van der Waals surface area contributed by atoms with Crippen LogP contribution in [0.25, 0.3) is 5.65 Å². The minimum Gasteiger partial charge on any atom is -0.492 e. The van der Waals surface area contributed by atoms with Crippen LogP contribution < -0.4 is 9.64 Å². The zero-order valence-corrected chi connectivity index (χ0v) is 12.0. The first-order chi connectivity index (χ1) is 10.2. The molecule has 0 saturated carbocycles. The lowest BCUT2D eigenvalue weighted by atomic mass is 10.2. The van der Waals surface area contributed by atoms with Gasteiger partial charge in [0.15, 0.2) is 11.5 Å². The Morgan fingerprint density at radius 1 is 1.24 bits per heavy atom. The minimum absolute atomic E-state index is 0.579. The zero-order valence-electron chi connectivity index (χ0n) is 12.0. The fourth-order valence-electron chi connectivity index (χ4n) is 1.96. The lowest BCUT2D eigenvalue weighted by Crippen LogP contribution is -2.25. The molecule has 0 radical (unpaired) electrons. The van der Waals surface area contributed by atoms with Crippen LogP contribution in [0.5, 0.6) is 5.75 Å². The summed E-state index contributed by atoms with van der Waals surface area (Å²) in [5, 5.41) is 15.5. The van der Waals surface area contributed by atoms with Crippen molar-refractivity contribution < 1.29 is 4.74 Å². The van der Waals surface area contributed by atoms with Crippen LogP contribution in [0.1, 0.15) is 5.56 Å². The summed E-state index contributed by atoms with van der Waals surface area (Å²) in [6, 6.07) is 11.7. The highest BCUT2D eigenvalue weighted by atomic mass is 16.5. The second kappa shape index (κ2) is 5.74. The van der Waals surface area contributed by atoms with Crippen LogP contribution in [-0.2, 0) is 0 Å². The topological polar surface area (TPSA) is 68.4 Å². The molecular formula is C14H16N6O. The summed E-state index contributed by atoms with van der Waals surface area (Å²) in [5.41, 5.74) is 1.81. The number of hydrogen-bond acceptors (Lipinski definition) is 6. The number of likely N-dealkylation sites (N-methyl/N-ethyl adjacent to an activating group) is 1. The molecule has 2 heterocycles. The second-order valence-corrected chi connectivity index (χ2v) is 4.80. The number of nitrogens with zero attached hydrogens (tertiary/aromatic N) is 6. The summed E-state index contributed by atoms with van der Waals surface area (Å²) in [4.78, 5) is 2.00. The van der Waals surface area contributed by atoms with Gasteiger partial charge in [0.1, 0.15) is 12.4 Å². The molecule has 108 valence electrons. The Labute approximate surface area is 122 Å². The predicted octanol–water partition coefficient (Wildman–Crippen LogP) is 1.34. The largest absolute Gasteiger partial charge is 0.492 e. The molecule has 0 N–H and O–H groups in total. The van der Waals surface area contributed by atoms with Crippen molar-refractivity contribution in [3.63, 3.8) is 0 Å². The molecule has 0 aliphatic carbocycles. The first-order valence-electron chi connectivity index (χ1n) is 6.68. The predicted molar refractivity (Wildman–Crippen MR) is 78.5 cm³/mol. The Balaban J connectivity index is 1.59. The van der Waals surface area contributed by atoms with Crippen LogP contribution in [0.3, 0.4) is 0 Å². The molecule has 0 bridgehead atoms. The molecule has 0 spiro atoms. The third kappa shape index (κ3) is 3.07. The van der Waals surface area contributed by atoms with Gasteiger partial charge in [-0.25, -0.2) is 0 Å². The number of fused-ring (bicyclic) bond motifs is 1. The molecule has 1 aromatic carbocycles. The molecule has 7 heteroatoms. The molecule has 3 rings (SSSR count). The Morgan fingerprint density at radius 3 is 3.00 bits per heavy atom. The van der Waals surface area contributed by atoms with E-state index in [0.29, 0.717) is 18.8 Å². The number of hydrogen-bond donors (Lipinski definition) is 0. The molecule has 0 amide bonds. The Bertz CT molecular complexity index is 741. The smallest absolute Gasteiger partial charge is 0.200 e. The first kappa shape index (κ1) is 13.3. The average molecular weight is 284 g/mol. The summed E-state index contributed by atoms with van der Waals surface area (Å²) in [7, 11) is 1.96. The van der Waals surface area contributed by atoms with Gasteiger partial charge in [-0.2, -0.15) is 0 Å². The fourth-order valence-corrected chi connectivity index (χ4v) is 1.96. The Kier molecular flexibility index (Phi) is 3.63. The number of anilines is 1. The molecule has 2 aromatic heterocycles. The van der Waals surface area contributed by atoms with E-state index in [4.69, 9.17) is 4.74 Å². The van der Waals surface area contributed by atoms with Gasteiger partial charge < -0.3 is 9.64 Å². The molecular weight excluding hydrogens is 268 g/mol. The van der Waals surface area contributed by atoms with Crippen molar-refractivity contribution in [2.45, 2.75) is 6.92 Å². The third-order valence-electron chi connectivity index (χ3n) is 3.13. The Hall–Kier alpha value is -2.70. The number of tetrazole rings is 1. The van der Waals surface area contributed by atoms with E-state index in [9.17, 15) is 0 Å². The second-order valence-electron chi connectivity index (χ2n) is 4.80. The van der Waals surface area contributed by atoms with E-state index in [1.54, 1.807) is 0 Å². The van der Waals surface area contributed by atoms with Crippen molar-refractivity contribution >= 4 is 11.5 Å². The van der Waals surface area contributed by atoms with Gasteiger partial charge in [-0.3, -0.25) is 0 Å². The maximum Gasteiger partial charge on any atom is 0.200 e. The fraction of sp³-hybridized carbons (Fsp3) is 0.286. The van der Waals surface area contributed by atoms with E-state index in [-0.39, 0.29) is 0 Å². The highest BCUT2D eigenvalue weighted by Crippen LogP contribution is 2.13. The van der Waals surface area contributed by atoms with Crippen LogP contribution in [0.4, 0.5) is 5.82 Å². The lowest BCUT2D eigenvalue weighted by Gasteiger charge is -2.17. The van der Waals surface area contributed by atoms with E-state index in [1.165, 1.54) is 10.2 Å². The number of aryl methyl sites for hydroxylation is 1. The summed E-state index contributed by atoms with van der Waals surface area (Å²) < 4.78 is 7.14.